The van der Waals surface area contributed by atoms with Crippen molar-refractivity contribution in [3.63, 3.8) is 0 Å². The summed E-state index contributed by atoms with van der Waals surface area (Å²) in [6, 6.07) is 8.23. The predicted molar refractivity (Wildman–Crippen MR) is 94.7 cm³/mol. The van der Waals surface area contributed by atoms with Gasteiger partial charge in [0.2, 0.25) is 0 Å². The second-order valence-corrected chi connectivity index (χ2v) is 7.00. The van der Waals surface area contributed by atoms with Gasteiger partial charge in [-0.25, -0.2) is 4.98 Å². The Bertz CT molecular complexity index is 535. The van der Waals surface area contributed by atoms with Gasteiger partial charge in [0, 0.05) is 13.6 Å². The molecule has 0 aliphatic carbocycles. The molecule has 0 spiro atoms. The van der Waals surface area contributed by atoms with Crippen LogP contribution in [0.2, 0.25) is 0 Å². The number of nitrogens with zero attached hydrogens (tertiary/aromatic N) is 2. The molecular formula is C14H19N3S3. The van der Waals surface area contributed by atoms with E-state index in [9.17, 15) is 0 Å². The van der Waals surface area contributed by atoms with Crippen molar-refractivity contribution in [2.75, 3.05) is 25.6 Å². The molecule has 20 heavy (non-hydrogen) atoms. The summed E-state index contributed by atoms with van der Waals surface area (Å²) in [5, 5.41) is 5.19. The second-order valence-electron chi connectivity index (χ2n) is 4.51. The van der Waals surface area contributed by atoms with E-state index in [1.54, 1.807) is 11.3 Å². The molecule has 0 bridgehead atoms. The van der Waals surface area contributed by atoms with Crippen LogP contribution in [0.3, 0.4) is 0 Å². The second kappa shape index (κ2) is 7.81. The Hall–Kier alpha value is -0.850. The van der Waals surface area contributed by atoms with Gasteiger partial charge in [-0.2, -0.15) is 11.8 Å². The fraction of sp³-hybridized carbons (Fsp3) is 0.429. The van der Waals surface area contributed by atoms with Crippen molar-refractivity contribution >= 4 is 50.6 Å². The molecule has 1 N–H and O–H groups in total. The highest BCUT2D eigenvalue weighted by molar-refractivity contribution is 7.98. The fourth-order valence-corrected chi connectivity index (χ4v) is 3.43. The van der Waals surface area contributed by atoms with E-state index >= 15 is 0 Å². The van der Waals surface area contributed by atoms with Gasteiger partial charge < -0.3 is 10.2 Å². The van der Waals surface area contributed by atoms with Gasteiger partial charge in [0.05, 0.1) is 16.8 Å². The van der Waals surface area contributed by atoms with E-state index in [-0.39, 0.29) is 0 Å². The number of aromatic nitrogens is 1. The summed E-state index contributed by atoms with van der Waals surface area (Å²) in [6.45, 7) is 1.69. The zero-order valence-electron chi connectivity index (χ0n) is 11.8. The Labute approximate surface area is 133 Å². The standard InChI is InChI=1S/C14H19N3S3/c1-17(14(18)15-8-5-9-19-2)10-13-16-11-6-3-4-7-12(11)20-13/h3-4,6-7H,5,8-10H2,1-2H3,(H,15,18). The van der Waals surface area contributed by atoms with E-state index < -0.39 is 0 Å². The Morgan fingerprint density at radius 2 is 2.25 bits per heavy atom. The molecule has 0 radical (unpaired) electrons. The largest absolute Gasteiger partial charge is 0.363 e. The topological polar surface area (TPSA) is 28.2 Å². The van der Waals surface area contributed by atoms with E-state index in [1.165, 1.54) is 4.70 Å². The third kappa shape index (κ3) is 4.33. The molecule has 0 aliphatic heterocycles. The maximum absolute atomic E-state index is 5.39. The van der Waals surface area contributed by atoms with Crippen LogP contribution in [0.25, 0.3) is 10.2 Å². The first-order valence-corrected chi connectivity index (χ1v) is 9.15. The molecule has 0 fully saturated rings. The lowest BCUT2D eigenvalue weighted by atomic mass is 10.3. The number of thioether (sulfide) groups is 1. The number of para-hydroxylation sites is 1. The molecule has 2 aromatic rings. The maximum Gasteiger partial charge on any atom is 0.169 e. The number of rotatable bonds is 6. The van der Waals surface area contributed by atoms with Crippen LogP contribution in [-0.4, -0.2) is 40.6 Å². The molecule has 0 saturated heterocycles. The number of hydrogen-bond donors (Lipinski definition) is 1. The fourth-order valence-electron chi connectivity index (χ4n) is 1.81. The van der Waals surface area contributed by atoms with Crippen LogP contribution in [0.15, 0.2) is 24.3 Å². The third-order valence-corrected chi connectivity index (χ3v) is 5.03. The summed E-state index contributed by atoms with van der Waals surface area (Å²) in [5.74, 6) is 1.16. The van der Waals surface area contributed by atoms with Crippen molar-refractivity contribution < 1.29 is 0 Å². The first kappa shape index (κ1) is 15.5. The summed E-state index contributed by atoms with van der Waals surface area (Å²) in [4.78, 5) is 6.68. The molecule has 0 saturated carbocycles. The monoisotopic (exact) mass is 325 g/mol. The number of nitrogens with one attached hydrogen (secondary N) is 1. The molecule has 2 rings (SSSR count). The van der Waals surface area contributed by atoms with Crippen LogP contribution in [0, 0.1) is 0 Å². The zero-order valence-corrected chi connectivity index (χ0v) is 14.2. The highest BCUT2D eigenvalue weighted by Gasteiger charge is 2.08. The highest BCUT2D eigenvalue weighted by Crippen LogP contribution is 2.22. The van der Waals surface area contributed by atoms with E-state index in [0.717, 1.165) is 40.9 Å². The number of hydrogen-bond acceptors (Lipinski definition) is 4. The van der Waals surface area contributed by atoms with Crippen molar-refractivity contribution in [3.05, 3.63) is 29.3 Å². The van der Waals surface area contributed by atoms with Gasteiger partial charge in [0.15, 0.2) is 5.11 Å². The molecule has 0 atom stereocenters. The average molecular weight is 326 g/mol. The van der Waals surface area contributed by atoms with Gasteiger partial charge in [-0.05, 0) is 42.8 Å². The molecular weight excluding hydrogens is 306 g/mol. The summed E-state index contributed by atoms with van der Waals surface area (Å²) in [5.41, 5.74) is 1.07. The molecule has 108 valence electrons. The smallest absolute Gasteiger partial charge is 0.169 e. The number of fused-ring (bicyclic) bond motifs is 1. The van der Waals surface area contributed by atoms with Crippen LogP contribution < -0.4 is 5.32 Å². The number of thiocarbonyl (C=S) groups is 1. The van der Waals surface area contributed by atoms with Crippen LogP contribution in [0.1, 0.15) is 11.4 Å². The maximum atomic E-state index is 5.39. The minimum Gasteiger partial charge on any atom is -0.363 e. The predicted octanol–water partition coefficient (Wildman–Crippen LogP) is 3.36. The summed E-state index contributed by atoms with van der Waals surface area (Å²) < 4.78 is 1.23. The zero-order chi connectivity index (χ0) is 14.4. The van der Waals surface area contributed by atoms with Crippen molar-refractivity contribution in [3.8, 4) is 0 Å². The van der Waals surface area contributed by atoms with Gasteiger partial charge in [-0.1, -0.05) is 12.1 Å². The number of thiazole rings is 1. The molecule has 0 amide bonds. The molecule has 6 heteroatoms. The Morgan fingerprint density at radius 3 is 3.00 bits per heavy atom. The summed E-state index contributed by atoms with van der Waals surface area (Å²) in [7, 11) is 2.01. The van der Waals surface area contributed by atoms with E-state index in [0.29, 0.717) is 0 Å². The lowest BCUT2D eigenvalue weighted by Crippen LogP contribution is -2.37. The van der Waals surface area contributed by atoms with Gasteiger partial charge in [-0.3, -0.25) is 0 Å². The van der Waals surface area contributed by atoms with E-state index in [1.807, 2.05) is 41.9 Å². The summed E-state index contributed by atoms with van der Waals surface area (Å²) >= 11 is 8.98. The number of benzene rings is 1. The van der Waals surface area contributed by atoms with Crippen molar-refractivity contribution in [2.45, 2.75) is 13.0 Å². The summed E-state index contributed by atoms with van der Waals surface area (Å²) in [6.07, 6.45) is 3.26. The lowest BCUT2D eigenvalue weighted by Gasteiger charge is -2.19. The Kier molecular flexibility index (Phi) is 6.06. The molecule has 1 heterocycles. The van der Waals surface area contributed by atoms with Gasteiger partial charge >= 0.3 is 0 Å². The molecule has 3 nitrogen and oxygen atoms in total. The van der Waals surface area contributed by atoms with E-state index in [4.69, 9.17) is 12.2 Å². The first-order chi connectivity index (χ1) is 9.70. The van der Waals surface area contributed by atoms with Gasteiger partial charge in [0.1, 0.15) is 5.01 Å². The SMILES string of the molecule is CSCCCNC(=S)N(C)Cc1nc2ccccc2s1. The molecule has 0 aliphatic rings. The van der Waals surface area contributed by atoms with Crippen LogP contribution >= 0.6 is 35.3 Å². The first-order valence-electron chi connectivity index (χ1n) is 6.53. The molecule has 0 unspecified atom stereocenters. The quantitative estimate of drug-likeness (QED) is 0.649. The lowest BCUT2D eigenvalue weighted by molar-refractivity contribution is 0.488. The minimum absolute atomic E-state index is 0.758. The molecule has 1 aromatic carbocycles. The molecule has 1 aromatic heterocycles. The van der Waals surface area contributed by atoms with Gasteiger partial charge in [-0.15, -0.1) is 11.3 Å². The van der Waals surface area contributed by atoms with Crippen LogP contribution in [0.5, 0.6) is 0 Å². The van der Waals surface area contributed by atoms with Crippen molar-refractivity contribution in [1.29, 1.82) is 0 Å². The van der Waals surface area contributed by atoms with E-state index in [2.05, 4.69) is 22.6 Å². The Balaban J connectivity index is 1.86. The normalized spacial score (nSPS) is 10.7. The third-order valence-electron chi connectivity index (χ3n) is 2.86. The van der Waals surface area contributed by atoms with Crippen LogP contribution in [-0.2, 0) is 6.54 Å². The Morgan fingerprint density at radius 1 is 1.45 bits per heavy atom. The van der Waals surface area contributed by atoms with Crippen molar-refractivity contribution in [2.24, 2.45) is 0 Å². The average Bonchev–Trinajstić information content (AvgIpc) is 2.85. The van der Waals surface area contributed by atoms with Gasteiger partial charge in [0.25, 0.3) is 0 Å². The van der Waals surface area contributed by atoms with Crippen molar-refractivity contribution in [1.82, 2.24) is 15.2 Å². The minimum atomic E-state index is 0.758. The van der Waals surface area contributed by atoms with Crippen LogP contribution in [0.4, 0.5) is 0 Å². The highest BCUT2D eigenvalue weighted by atomic mass is 32.2.